The van der Waals surface area contributed by atoms with Crippen LogP contribution in [-0.2, 0) is 31.4 Å². The minimum atomic E-state index is 0.00663. The SMILES string of the molecule is Cn1[nH]c(=O)c2c1CN(CC(=O)N(Cc1ccccc1)C1CC1)CC2. The van der Waals surface area contributed by atoms with E-state index in [0.29, 0.717) is 32.1 Å². The van der Waals surface area contributed by atoms with Gasteiger partial charge < -0.3 is 4.90 Å². The monoisotopic (exact) mass is 340 g/mol. The van der Waals surface area contributed by atoms with Gasteiger partial charge >= 0.3 is 0 Å². The first kappa shape index (κ1) is 16.1. The number of fused-ring (bicyclic) bond motifs is 1. The second-order valence-corrected chi connectivity index (χ2v) is 7.12. The van der Waals surface area contributed by atoms with Crippen LogP contribution in [0.3, 0.4) is 0 Å². The molecule has 1 saturated carbocycles. The Morgan fingerprint density at radius 1 is 1.28 bits per heavy atom. The van der Waals surface area contributed by atoms with Crippen LogP contribution in [0, 0.1) is 0 Å². The number of benzene rings is 1. The Morgan fingerprint density at radius 3 is 2.76 bits per heavy atom. The van der Waals surface area contributed by atoms with Crippen LogP contribution in [0.25, 0.3) is 0 Å². The summed E-state index contributed by atoms with van der Waals surface area (Å²) < 4.78 is 1.79. The Balaban J connectivity index is 1.43. The third-order valence-corrected chi connectivity index (χ3v) is 5.21. The predicted molar refractivity (Wildman–Crippen MR) is 95.0 cm³/mol. The summed E-state index contributed by atoms with van der Waals surface area (Å²) in [5.74, 6) is 0.190. The van der Waals surface area contributed by atoms with E-state index in [4.69, 9.17) is 0 Å². The van der Waals surface area contributed by atoms with Crippen LogP contribution in [0.2, 0.25) is 0 Å². The van der Waals surface area contributed by atoms with Crippen LogP contribution in [-0.4, -0.2) is 44.6 Å². The molecule has 1 amide bonds. The van der Waals surface area contributed by atoms with Crippen molar-refractivity contribution in [1.82, 2.24) is 19.6 Å². The van der Waals surface area contributed by atoms with Crippen LogP contribution in [0.15, 0.2) is 35.1 Å². The summed E-state index contributed by atoms with van der Waals surface area (Å²) in [5.41, 5.74) is 3.06. The number of nitrogens with zero attached hydrogens (tertiary/aromatic N) is 3. The van der Waals surface area contributed by atoms with Crippen LogP contribution < -0.4 is 5.56 Å². The van der Waals surface area contributed by atoms with Crippen LogP contribution in [0.4, 0.5) is 0 Å². The Bertz CT molecular complexity index is 820. The maximum absolute atomic E-state index is 12.9. The highest BCUT2D eigenvalue weighted by atomic mass is 16.2. The zero-order valence-electron chi connectivity index (χ0n) is 14.6. The molecule has 0 unspecified atom stereocenters. The summed E-state index contributed by atoms with van der Waals surface area (Å²) in [6, 6.07) is 10.6. The minimum Gasteiger partial charge on any atom is -0.334 e. The molecule has 2 heterocycles. The molecule has 0 bridgehead atoms. The van der Waals surface area contributed by atoms with Crippen molar-refractivity contribution in [1.29, 1.82) is 0 Å². The van der Waals surface area contributed by atoms with Gasteiger partial charge in [-0.05, 0) is 24.8 Å². The van der Waals surface area contributed by atoms with Crippen LogP contribution in [0.1, 0.15) is 29.7 Å². The smallest absolute Gasteiger partial charge is 0.267 e. The van der Waals surface area contributed by atoms with Crippen LogP contribution >= 0.6 is 0 Å². The van der Waals surface area contributed by atoms with Crippen molar-refractivity contribution in [3.63, 3.8) is 0 Å². The summed E-state index contributed by atoms with van der Waals surface area (Å²) >= 11 is 0. The topological polar surface area (TPSA) is 61.3 Å². The highest BCUT2D eigenvalue weighted by molar-refractivity contribution is 5.79. The molecule has 1 fully saturated rings. The van der Waals surface area contributed by atoms with Gasteiger partial charge in [-0.25, -0.2) is 0 Å². The zero-order valence-corrected chi connectivity index (χ0v) is 14.6. The molecular weight excluding hydrogens is 316 g/mol. The first-order valence-electron chi connectivity index (χ1n) is 8.94. The van der Waals surface area contributed by atoms with E-state index in [2.05, 4.69) is 22.1 Å². The van der Waals surface area contributed by atoms with Gasteiger partial charge in [0.05, 0.1) is 12.2 Å². The maximum Gasteiger partial charge on any atom is 0.267 e. The molecule has 1 aliphatic heterocycles. The van der Waals surface area contributed by atoms with Crippen molar-refractivity contribution in [2.24, 2.45) is 7.05 Å². The van der Waals surface area contributed by atoms with Gasteiger partial charge in [-0.15, -0.1) is 0 Å². The standard InChI is InChI=1S/C19H24N4O2/c1-21-17-12-22(10-9-16(17)19(25)20-21)13-18(24)23(15-7-8-15)11-14-5-3-2-4-6-14/h2-6,15H,7-13H2,1H3,(H,20,25). The molecule has 0 spiro atoms. The van der Waals surface area contributed by atoms with Crippen molar-refractivity contribution in [2.75, 3.05) is 13.1 Å². The zero-order chi connectivity index (χ0) is 17.4. The fourth-order valence-corrected chi connectivity index (χ4v) is 3.65. The van der Waals surface area contributed by atoms with Gasteiger partial charge in [0.25, 0.3) is 5.56 Å². The number of carbonyl (C=O) groups excluding carboxylic acids is 1. The van der Waals surface area contributed by atoms with Crippen molar-refractivity contribution in [3.8, 4) is 0 Å². The molecule has 6 nitrogen and oxygen atoms in total. The molecule has 4 rings (SSSR count). The molecule has 2 aromatic rings. The number of rotatable bonds is 5. The van der Waals surface area contributed by atoms with E-state index in [1.807, 2.05) is 30.1 Å². The largest absolute Gasteiger partial charge is 0.334 e. The summed E-state index contributed by atoms with van der Waals surface area (Å²) in [6.07, 6.45) is 2.92. The van der Waals surface area contributed by atoms with E-state index < -0.39 is 0 Å². The molecule has 0 atom stereocenters. The minimum absolute atomic E-state index is 0.00663. The summed E-state index contributed by atoms with van der Waals surface area (Å²) in [6.45, 7) is 2.52. The van der Waals surface area contributed by atoms with Gasteiger partial charge in [-0.1, -0.05) is 30.3 Å². The molecule has 6 heteroatoms. The lowest BCUT2D eigenvalue weighted by Crippen LogP contribution is -2.43. The lowest BCUT2D eigenvalue weighted by Gasteiger charge is -2.30. The van der Waals surface area contributed by atoms with Gasteiger partial charge in [0.2, 0.25) is 5.91 Å². The number of hydrogen-bond donors (Lipinski definition) is 1. The van der Waals surface area contributed by atoms with Gasteiger partial charge in [0, 0.05) is 38.3 Å². The Hall–Kier alpha value is -2.34. The summed E-state index contributed by atoms with van der Waals surface area (Å²) in [5, 5.41) is 2.81. The lowest BCUT2D eigenvalue weighted by atomic mass is 10.1. The van der Waals surface area contributed by atoms with Crippen molar-refractivity contribution in [2.45, 2.75) is 38.4 Å². The molecule has 1 aromatic heterocycles. The Morgan fingerprint density at radius 2 is 2.04 bits per heavy atom. The van der Waals surface area contributed by atoms with E-state index in [0.717, 1.165) is 30.6 Å². The Kier molecular flexibility index (Phi) is 4.21. The fraction of sp³-hybridized carbons (Fsp3) is 0.474. The second-order valence-electron chi connectivity index (χ2n) is 7.12. The predicted octanol–water partition coefficient (Wildman–Crippen LogP) is 1.26. The molecule has 0 saturated heterocycles. The highest BCUT2D eigenvalue weighted by Gasteiger charge is 2.33. The molecule has 25 heavy (non-hydrogen) atoms. The quantitative estimate of drug-likeness (QED) is 0.891. The number of aromatic amines is 1. The number of amides is 1. The molecule has 1 aliphatic carbocycles. The lowest BCUT2D eigenvalue weighted by molar-refractivity contribution is -0.133. The number of aromatic nitrogens is 2. The van der Waals surface area contributed by atoms with E-state index in [1.54, 1.807) is 4.68 Å². The average Bonchev–Trinajstić information content (AvgIpc) is 3.41. The number of hydrogen-bond acceptors (Lipinski definition) is 3. The first-order valence-corrected chi connectivity index (χ1v) is 8.94. The maximum atomic E-state index is 12.9. The van der Waals surface area contributed by atoms with E-state index in [9.17, 15) is 9.59 Å². The van der Waals surface area contributed by atoms with Crippen molar-refractivity contribution < 1.29 is 4.79 Å². The molecule has 0 radical (unpaired) electrons. The van der Waals surface area contributed by atoms with Gasteiger partial charge in [0.15, 0.2) is 0 Å². The normalized spacial score (nSPS) is 17.3. The van der Waals surface area contributed by atoms with Crippen LogP contribution in [0.5, 0.6) is 0 Å². The summed E-state index contributed by atoms with van der Waals surface area (Å²) in [4.78, 5) is 28.9. The van der Waals surface area contributed by atoms with E-state index in [1.165, 1.54) is 5.56 Å². The molecule has 1 aromatic carbocycles. The second kappa shape index (κ2) is 6.52. The Labute approximate surface area is 147 Å². The van der Waals surface area contributed by atoms with Gasteiger partial charge in [-0.3, -0.25) is 24.3 Å². The molecule has 132 valence electrons. The number of aryl methyl sites for hydroxylation is 1. The molecule has 2 aliphatic rings. The van der Waals surface area contributed by atoms with E-state index in [-0.39, 0.29) is 11.5 Å². The van der Waals surface area contributed by atoms with E-state index >= 15 is 0 Å². The average molecular weight is 340 g/mol. The van der Waals surface area contributed by atoms with Crippen molar-refractivity contribution >= 4 is 5.91 Å². The summed E-state index contributed by atoms with van der Waals surface area (Å²) in [7, 11) is 1.86. The molecule has 1 N–H and O–H groups in total. The first-order chi connectivity index (χ1) is 12.1. The highest BCUT2D eigenvalue weighted by Crippen LogP contribution is 2.29. The molecular formula is C19H24N4O2. The van der Waals surface area contributed by atoms with Gasteiger partial charge in [0.1, 0.15) is 0 Å². The number of carbonyl (C=O) groups is 1. The third kappa shape index (κ3) is 3.39. The number of H-pyrrole nitrogens is 1. The van der Waals surface area contributed by atoms with Gasteiger partial charge in [-0.2, -0.15) is 0 Å². The third-order valence-electron chi connectivity index (χ3n) is 5.21. The van der Waals surface area contributed by atoms with Crippen molar-refractivity contribution in [3.05, 3.63) is 57.5 Å². The fourth-order valence-electron chi connectivity index (χ4n) is 3.65. The number of nitrogens with one attached hydrogen (secondary N) is 1.